The number of phenolic OH excluding ortho intramolecular Hbond substituents is 1. The third kappa shape index (κ3) is 3.20. The molecule has 1 atom stereocenters. The lowest BCUT2D eigenvalue weighted by Gasteiger charge is -2.07. The van der Waals surface area contributed by atoms with Gasteiger partial charge in [-0.3, -0.25) is 4.21 Å². The minimum atomic E-state index is -1.23. The highest BCUT2D eigenvalue weighted by Crippen LogP contribution is 2.17. The first-order valence-electron chi connectivity index (χ1n) is 6.18. The van der Waals surface area contributed by atoms with Crippen LogP contribution in [0.1, 0.15) is 25.0 Å². The molecule has 102 valence electrons. The Kier molecular flexibility index (Phi) is 4.31. The van der Waals surface area contributed by atoms with Crippen LogP contribution in [0.2, 0.25) is 0 Å². The van der Waals surface area contributed by atoms with Crippen LogP contribution >= 0.6 is 0 Å². The number of phenols is 1. The molecule has 1 heterocycles. The van der Waals surface area contributed by atoms with E-state index in [4.69, 9.17) is 0 Å². The smallest absolute Gasteiger partial charge is 0.146 e. The Bertz CT molecular complexity index is 595. The van der Waals surface area contributed by atoms with Crippen LogP contribution in [0, 0.1) is 6.92 Å². The van der Waals surface area contributed by atoms with Crippen molar-refractivity contribution in [3.63, 3.8) is 0 Å². The molecule has 1 N–H and O–H groups in total. The van der Waals surface area contributed by atoms with Gasteiger partial charge in [-0.25, -0.2) is 0 Å². The fourth-order valence-corrected chi connectivity index (χ4v) is 2.97. The van der Waals surface area contributed by atoms with Crippen molar-refractivity contribution in [2.75, 3.05) is 0 Å². The van der Waals surface area contributed by atoms with Gasteiger partial charge in [0.25, 0.3) is 0 Å². The van der Waals surface area contributed by atoms with Gasteiger partial charge in [0.1, 0.15) is 17.4 Å². The van der Waals surface area contributed by atoms with E-state index in [0.29, 0.717) is 10.6 Å². The van der Waals surface area contributed by atoms with Crippen LogP contribution in [0.25, 0.3) is 0 Å². The van der Waals surface area contributed by atoms with Gasteiger partial charge in [0.15, 0.2) is 0 Å². The lowest BCUT2D eigenvalue weighted by Crippen LogP contribution is -2.08. The van der Waals surface area contributed by atoms with Gasteiger partial charge >= 0.3 is 0 Å². The van der Waals surface area contributed by atoms with Crippen LogP contribution in [0.15, 0.2) is 29.2 Å². The van der Waals surface area contributed by atoms with Crippen molar-refractivity contribution in [1.29, 1.82) is 0 Å². The summed E-state index contributed by atoms with van der Waals surface area (Å²) in [5.74, 6) is 1.99. The average molecular weight is 279 g/mol. The van der Waals surface area contributed by atoms with Gasteiger partial charge in [0.2, 0.25) is 0 Å². The summed E-state index contributed by atoms with van der Waals surface area (Å²) in [4.78, 5) is 0.601. The van der Waals surface area contributed by atoms with Gasteiger partial charge in [0.05, 0.1) is 16.6 Å². The van der Waals surface area contributed by atoms with E-state index >= 15 is 0 Å². The van der Waals surface area contributed by atoms with E-state index in [2.05, 4.69) is 17.1 Å². The Balaban J connectivity index is 2.19. The van der Waals surface area contributed by atoms with E-state index in [1.54, 1.807) is 18.2 Å². The molecule has 0 fully saturated rings. The van der Waals surface area contributed by atoms with Crippen LogP contribution in [0.3, 0.4) is 0 Å². The molecule has 0 radical (unpaired) electrons. The molecule has 2 aromatic rings. The topological polar surface area (TPSA) is 68.0 Å². The van der Waals surface area contributed by atoms with Crippen molar-refractivity contribution in [2.24, 2.45) is 0 Å². The van der Waals surface area contributed by atoms with E-state index in [-0.39, 0.29) is 5.75 Å². The molecule has 0 aliphatic carbocycles. The molecule has 2 rings (SSSR count). The molecule has 5 nitrogen and oxygen atoms in total. The number of hydrogen-bond donors (Lipinski definition) is 1. The first-order valence-corrected chi connectivity index (χ1v) is 7.49. The van der Waals surface area contributed by atoms with Gasteiger partial charge in [-0.15, -0.1) is 10.2 Å². The normalized spacial score (nSPS) is 12.5. The maximum Gasteiger partial charge on any atom is 0.146 e. The Morgan fingerprint density at radius 1 is 1.37 bits per heavy atom. The Morgan fingerprint density at radius 3 is 2.84 bits per heavy atom. The molecule has 0 aliphatic rings. The quantitative estimate of drug-likeness (QED) is 0.909. The minimum Gasteiger partial charge on any atom is -0.508 e. The number of benzene rings is 1. The van der Waals surface area contributed by atoms with Crippen molar-refractivity contribution < 1.29 is 9.32 Å². The van der Waals surface area contributed by atoms with Gasteiger partial charge in [-0.2, -0.15) is 0 Å². The second-order valence-electron chi connectivity index (χ2n) is 4.30. The van der Waals surface area contributed by atoms with Crippen LogP contribution in [0.4, 0.5) is 0 Å². The Morgan fingerprint density at radius 2 is 2.16 bits per heavy atom. The van der Waals surface area contributed by atoms with Crippen molar-refractivity contribution in [1.82, 2.24) is 14.8 Å². The summed E-state index contributed by atoms with van der Waals surface area (Å²) in [7, 11) is -1.23. The molecule has 19 heavy (non-hydrogen) atoms. The first kappa shape index (κ1) is 13.7. The summed E-state index contributed by atoms with van der Waals surface area (Å²) in [6.45, 7) is 4.80. The second kappa shape index (κ2) is 5.97. The maximum atomic E-state index is 12.3. The summed E-state index contributed by atoms with van der Waals surface area (Å²) in [5, 5.41) is 17.5. The van der Waals surface area contributed by atoms with E-state index in [0.717, 1.165) is 24.6 Å². The summed E-state index contributed by atoms with van der Waals surface area (Å²) in [6.07, 6.45) is 0.977. The molecule has 0 aliphatic heterocycles. The lowest BCUT2D eigenvalue weighted by atomic mass is 10.3. The fourth-order valence-electron chi connectivity index (χ4n) is 1.87. The number of aromatic hydroxyl groups is 1. The van der Waals surface area contributed by atoms with E-state index in [9.17, 15) is 9.32 Å². The predicted octanol–water partition coefficient (Wildman–Crippen LogP) is 2.01. The molecule has 0 saturated heterocycles. The number of aryl methyl sites for hydroxylation is 1. The zero-order valence-electron chi connectivity index (χ0n) is 11.0. The number of rotatable bonds is 5. The van der Waals surface area contributed by atoms with E-state index in [1.807, 2.05) is 11.5 Å². The molecule has 1 aromatic heterocycles. The number of aromatic nitrogens is 3. The zero-order chi connectivity index (χ0) is 13.8. The number of nitrogens with zero attached hydrogens (tertiary/aromatic N) is 3. The van der Waals surface area contributed by atoms with Crippen LogP contribution < -0.4 is 0 Å². The largest absolute Gasteiger partial charge is 0.508 e. The van der Waals surface area contributed by atoms with Crippen LogP contribution in [-0.2, 0) is 23.1 Å². The summed E-state index contributed by atoms with van der Waals surface area (Å²) < 4.78 is 14.2. The molecule has 0 spiro atoms. The monoisotopic (exact) mass is 279 g/mol. The molecular weight excluding hydrogens is 262 g/mol. The second-order valence-corrected chi connectivity index (χ2v) is 5.75. The molecule has 0 bridgehead atoms. The Hall–Kier alpha value is -1.69. The third-order valence-corrected chi connectivity index (χ3v) is 4.10. The average Bonchev–Trinajstić information content (AvgIpc) is 2.72. The molecule has 0 saturated carbocycles. The zero-order valence-corrected chi connectivity index (χ0v) is 11.9. The number of hydrogen-bond acceptors (Lipinski definition) is 4. The van der Waals surface area contributed by atoms with Gasteiger partial charge in [-0.1, -0.05) is 13.0 Å². The van der Waals surface area contributed by atoms with Crippen molar-refractivity contribution >= 4 is 10.8 Å². The van der Waals surface area contributed by atoms with Crippen molar-refractivity contribution in [3.05, 3.63) is 35.9 Å². The maximum absolute atomic E-state index is 12.3. The Labute approximate surface area is 114 Å². The standard InChI is InChI=1S/C13H17N3O2S/c1-3-7-16-10(2)14-15-13(16)9-19(18)12-6-4-5-11(17)8-12/h4-6,8,17H,3,7,9H2,1-2H3/t19-/m0/s1. The molecule has 1 aromatic carbocycles. The summed E-state index contributed by atoms with van der Waals surface area (Å²) >= 11 is 0. The van der Waals surface area contributed by atoms with Crippen molar-refractivity contribution in [3.8, 4) is 5.75 Å². The van der Waals surface area contributed by atoms with Gasteiger partial charge < -0.3 is 9.67 Å². The fraction of sp³-hybridized carbons (Fsp3) is 0.385. The first-order chi connectivity index (χ1) is 9.11. The summed E-state index contributed by atoms with van der Waals surface area (Å²) in [6, 6.07) is 6.50. The third-order valence-electron chi connectivity index (χ3n) is 2.80. The highest BCUT2D eigenvalue weighted by Gasteiger charge is 2.13. The highest BCUT2D eigenvalue weighted by molar-refractivity contribution is 7.84. The van der Waals surface area contributed by atoms with Crippen LogP contribution in [0.5, 0.6) is 5.75 Å². The minimum absolute atomic E-state index is 0.122. The molecule has 0 amide bonds. The molecule has 0 unspecified atom stereocenters. The lowest BCUT2D eigenvalue weighted by molar-refractivity contribution is 0.473. The summed E-state index contributed by atoms with van der Waals surface area (Å²) in [5.41, 5.74) is 0. The van der Waals surface area contributed by atoms with Crippen LogP contribution in [-0.4, -0.2) is 24.1 Å². The van der Waals surface area contributed by atoms with E-state index in [1.165, 1.54) is 6.07 Å². The SMILES string of the molecule is CCCn1c(C)nnc1C[S@](=O)c1cccc(O)c1. The predicted molar refractivity (Wildman–Crippen MR) is 73.3 cm³/mol. The van der Waals surface area contributed by atoms with Crippen molar-refractivity contribution in [2.45, 2.75) is 37.5 Å². The molecule has 6 heteroatoms. The van der Waals surface area contributed by atoms with Gasteiger partial charge in [-0.05, 0) is 31.5 Å². The highest BCUT2D eigenvalue weighted by atomic mass is 32.2. The van der Waals surface area contributed by atoms with Gasteiger partial charge in [0, 0.05) is 11.4 Å². The molecular formula is C13H17N3O2S. The van der Waals surface area contributed by atoms with E-state index < -0.39 is 10.8 Å².